The number of ether oxygens (including phenoxy) is 2. The highest BCUT2D eigenvalue weighted by Gasteiger charge is 2.27. The van der Waals surface area contributed by atoms with Crippen molar-refractivity contribution in [3.63, 3.8) is 0 Å². The van der Waals surface area contributed by atoms with Crippen LogP contribution in [0.2, 0.25) is 0 Å². The van der Waals surface area contributed by atoms with E-state index in [2.05, 4.69) is 41.5 Å². The molecule has 0 amide bonds. The van der Waals surface area contributed by atoms with Gasteiger partial charge < -0.3 is 14.6 Å². The van der Waals surface area contributed by atoms with Crippen LogP contribution in [0.4, 0.5) is 0 Å². The Balaban J connectivity index is 3.36. The van der Waals surface area contributed by atoms with E-state index in [1.165, 1.54) is 0 Å². The van der Waals surface area contributed by atoms with Crippen LogP contribution in [0.15, 0.2) is 12.1 Å². The molecule has 0 unspecified atom stereocenters. The highest BCUT2D eigenvalue weighted by atomic mass is 16.5. The van der Waals surface area contributed by atoms with E-state index in [9.17, 15) is 4.79 Å². The molecule has 0 aliphatic heterocycles. The summed E-state index contributed by atoms with van der Waals surface area (Å²) in [5, 5.41) is 8.76. The molecule has 0 saturated carbocycles. The zero-order chi connectivity index (χ0) is 17.8. The van der Waals surface area contributed by atoms with Crippen molar-refractivity contribution in [2.24, 2.45) is 0 Å². The second-order valence-electron chi connectivity index (χ2n) is 7.85. The van der Waals surface area contributed by atoms with Gasteiger partial charge in [0.25, 0.3) is 0 Å². The molecule has 0 radical (unpaired) electrons. The molecule has 0 atom stereocenters. The first-order valence-electron chi connectivity index (χ1n) is 7.99. The Bertz CT molecular complexity index is 512. The molecule has 23 heavy (non-hydrogen) atoms. The van der Waals surface area contributed by atoms with Crippen LogP contribution in [0.3, 0.4) is 0 Å². The van der Waals surface area contributed by atoms with Gasteiger partial charge in [-0.05, 0) is 16.4 Å². The number of hydrogen-bond acceptors (Lipinski definition) is 4. The molecule has 1 aromatic rings. The lowest BCUT2D eigenvalue weighted by Crippen LogP contribution is -2.20. The minimum atomic E-state index is -0.330. The summed E-state index contributed by atoms with van der Waals surface area (Å²) in [4.78, 5) is 11.9. The number of carbonyl (C=O) groups is 1. The van der Waals surface area contributed by atoms with Gasteiger partial charge in [-0.1, -0.05) is 53.7 Å². The quantitative estimate of drug-likeness (QED) is 0.845. The minimum absolute atomic E-state index is 0.0350. The first-order chi connectivity index (χ1) is 10.5. The Morgan fingerprint density at radius 3 is 1.87 bits per heavy atom. The smallest absolute Gasteiger partial charge is 0.310 e. The fraction of sp³-hybridized carbons (Fsp3) is 0.632. The number of methoxy groups -OCH3 is 1. The molecule has 0 aliphatic rings. The minimum Gasteiger partial charge on any atom is -0.496 e. The topological polar surface area (TPSA) is 55.8 Å². The van der Waals surface area contributed by atoms with E-state index in [0.717, 1.165) is 22.4 Å². The normalized spacial score (nSPS) is 12.2. The molecule has 1 rings (SSSR count). The number of aliphatic hydroxyl groups excluding tert-OH is 1. The van der Waals surface area contributed by atoms with Gasteiger partial charge in [0, 0.05) is 11.1 Å². The van der Waals surface area contributed by atoms with Gasteiger partial charge in [-0.15, -0.1) is 0 Å². The van der Waals surface area contributed by atoms with Crippen LogP contribution in [0.5, 0.6) is 5.75 Å². The molecule has 1 N–H and O–H groups in total. The highest BCUT2D eigenvalue weighted by molar-refractivity contribution is 5.73. The van der Waals surface area contributed by atoms with Crippen LogP contribution in [0, 0.1) is 0 Å². The fourth-order valence-electron chi connectivity index (χ4n) is 2.50. The van der Waals surface area contributed by atoms with Gasteiger partial charge in [-0.3, -0.25) is 4.79 Å². The Hall–Kier alpha value is -1.55. The molecule has 0 fully saturated rings. The summed E-state index contributed by atoms with van der Waals surface area (Å²) < 4.78 is 10.7. The molecule has 0 aliphatic carbocycles. The van der Waals surface area contributed by atoms with Gasteiger partial charge in [-0.25, -0.2) is 0 Å². The third kappa shape index (κ3) is 5.24. The van der Waals surface area contributed by atoms with Crippen molar-refractivity contribution < 1.29 is 19.4 Å². The predicted molar refractivity (Wildman–Crippen MR) is 92.1 cm³/mol. The number of carbonyl (C=O) groups excluding carboxylic acids is 1. The lowest BCUT2D eigenvalue weighted by molar-refractivity contribution is -0.143. The molecule has 0 saturated heterocycles. The van der Waals surface area contributed by atoms with Crippen LogP contribution >= 0.6 is 0 Å². The van der Waals surface area contributed by atoms with Crippen LogP contribution in [0.1, 0.15) is 58.2 Å². The third-order valence-electron chi connectivity index (χ3n) is 3.67. The Morgan fingerprint density at radius 1 is 1.04 bits per heavy atom. The van der Waals surface area contributed by atoms with Gasteiger partial charge >= 0.3 is 5.97 Å². The second-order valence-corrected chi connectivity index (χ2v) is 7.85. The molecule has 4 heteroatoms. The van der Waals surface area contributed by atoms with Crippen LogP contribution < -0.4 is 4.74 Å². The largest absolute Gasteiger partial charge is 0.496 e. The summed E-state index contributed by atoms with van der Waals surface area (Å²) in [7, 11) is 1.69. The van der Waals surface area contributed by atoms with Crippen molar-refractivity contribution in [1.82, 2.24) is 0 Å². The van der Waals surface area contributed by atoms with E-state index in [1.54, 1.807) is 7.11 Å². The average molecular weight is 322 g/mol. The number of aliphatic hydroxyl groups is 1. The standard InChI is InChI=1S/C19H30O4/c1-18(2,3)14-10-13(12-16(21)23-9-8-20)11-15(17(14)22-7)19(4,5)6/h10-11,20H,8-9,12H2,1-7H3. The molecular formula is C19H30O4. The van der Waals surface area contributed by atoms with Crippen molar-refractivity contribution in [2.45, 2.75) is 58.8 Å². The van der Waals surface area contributed by atoms with Crippen molar-refractivity contribution in [1.29, 1.82) is 0 Å². The lowest BCUT2D eigenvalue weighted by Gasteiger charge is -2.30. The summed E-state index contributed by atoms with van der Waals surface area (Å²) >= 11 is 0. The SMILES string of the molecule is COc1c(C(C)(C)C)cc(CC(=O)OCCO)cc1C(C)(C)C. The zero-order valence-electron chi connectivity index (χ0n) is 15.4. The summed E-state index contributed by atoms with van der Waals surface area (Å²) in [5.74, 6) is 0.557. The fourth-order valence-corrected chi connectivity index (χ4v) is 2.50. The predicted octanol–water partition coefficient (Wildman–Crippen LogP) is 3.37. The first-order valence-corrected chi connectivity index (χ1v) is 7.99. The van der Waals surface area contributed by atoms with Gasteiger partial charge in [0.1, 0.15) is 12.4 Å². The van der Waals surface area contributed by atoms with Crippen molar-refractivity contribution in [2.75, 3.05) is 20.3 Å². The van der Waals surface area contributed by atoms with E-state index in [0.29, 0.717) is 0 Å². The number of rotatable bonds is 5. The van der Waals surface area contributed by atoms with Crippen molar-refractivity contribution >= 4 is 5.97 Å². The maximum absolute atomic E-state index is 11.9. The van der Waals surface area contributed by atoms with E-state index >= 15 is 0 Å². The van der Waals surface area contributed by atoms with Crippen molar-refractivity contribution in [3.05, 3.63) is 28.8 Å². The molecule has 0 bridgehead atoms. The Labute approximate surface area is 139 Å². The summed E-state index contributed by atoms with van der Waals surface area (Å²) in [6.07, 6.45) is 0.191. The zero-order valence-corrected chi connectivity index (χ0v) is 15.4. The lowest BCUT2D eigenvalue weighted by atomic mass is 9.78. The summed E-state index contributed by atoms with van der Waals surface area (Å²) in [6.45, 7) is 12.7. The molecule has 1 aromatic carbocycles. The van der Waals surface area contributed by atoms with E-state index < -0.39 is 0 Å². The van der Waals surface area contributed by atoms with E-state index in [4.69, 9.17) is 14.6 Å². The maximum Gasteiger partial charge on any atom is 0.310 e. The number of hydrogen-bond donors (Lipinski definition) is 1. The Kier molecular flexibility index (Phi) is 6.23. The summed E-state index contributed by atoms with van der Waals surface area (Å²) in [6, 6.07) is 4.04. The van der Waals surface area contributed by atoms with Crippen LogP contribution in [0.25, 0.3) is 0 Å². The highest BCUT2D eigenvalue weighted by Crippen LogP contribution is 2.40. The second kappa shape index (κ2) is 7.35. The van der Waals surface area contributed by atoms with Crippen LogP contribution in [-0.4, -0.2) is 31.4 Å². The Morgan fingerprint density at radius 2 is 1.52 bits per heavy atom. The molecule has 4 nitrogen and oxygen atoms in total. The third-order valence-corrected chi connectivity index (χ3v) is 3.67. The number of benzene rings is 1. The van der Waals surface area contributed by atoms with Gasteiger partial charge in [0.15, 0.2) is 0 Å². The van der Waals surface area contributed by atoms with Gasteiger partial charge in [0.05, 0.1) is 20.1 Å². The van der Waals surface area contributed by atoms with Crippen molar-refractivity contribution in [3.8, 4) is 5.75 Å². The molecule has 130 valence electrons. The van der Waals surface area contributed by atoms with Gasteiger partial charge in [-0.2, -0.15) is 0 Å². The maximum atomic E-state index is 11.9. The van der Waals surface area contributed by atoms with E-state index in [-0.39, 0.29) is 36.4 Å². The number of esters is 1. The molecule has 0 heterocycles. The van der Waals surface area contributed by atoms with Crippen LogP contribution in [-0.2, 0) is 26.8 Å². The molecule has 0 spiro atoms. The van der Waals surface area contributed by atoms with Gasteiger partial charge in [0.2, 0.25) is 0 Å². The summed E-state index contributed by atoms with van der Waals surface area (Å²) in [5.41, 5.74) is 2.87. The first kappa shape index (κ1) is 19.5. The molecular weight excluding hydrogens is 292 g/mol. The van der Waals surface area contributed by atoms with E-state index in [1.807, 2.05) is 12.1 Å². The average Bonchev–Trinajstić information content (AvgIpc) is 2.42. The molecule has 0 aromatic heterocycles. The monoisotopic (exact) mass is 322 g/mol.